The van der Waals surface area contributed by atoms with Crippen molar-refractivity contribution in [2.75, 3.05) is 13.9 Å². The zero-order chi connectivity index (χ0) is 9.68. The van der Waals surface area contributed by atoms with Crippen molar-refractivity contribution in [1.29, 1.82) is 0 Å². The Labute approximate surface area is 82.5 Å². The van der Waals surface area contributed by atoms with E-state index in [9.17, 15) is 0 Å². The molecule has 0 aliphatic heterocycles. The summed E-state index contributed by atoms with van der Waals surface area (Å²) in [6.07, 6.45) is 0. The highest BCUT2D eigenvalue weighted by Crippen LogP contribution is 2.17. The molecule has 0 atom stereocenters. The van der Waals surface area contributed by atoms with Gasteiger partial charge in [0.1, 0.15) is 10.7 Å². The van der Waals surface area contributed by atoms with Gasteiger partial charge in [-0.25, -0.2) is 0 Å². The standard InChI is InChI=1S/C9H11NO2S/c1-11-6-12-8-5-3-2-4-7(8)9(10)13/h2-5H,6H2,1H3,(H2,10,13). The summed E-state index contributed by atoms with van der Waals surface area (Å²) in [5.41, 5.74) is 6.23. The van der Waals surface area contributed by atoms with Gasteiger partial charge in [-0.2, -0.15) is 0 Å². The Balaban J connectivity index is 2.84. The smallest absolute Gasteiger partial charge is 0.188 e. The minimum atomic E-state index is 0.194. The van der Waals surface area contributed by atoms with Crippen LogP contribution in [0.25, 0.3) is 0 Å². The van der Waals surface area contributed by atoms with Gasteiger partial charge in [0.05, 0.1) is 5.56 Å². The topological polar surface area (TPSA) is 44.5 Å². The molecule has 0 fully saturated rings. The van der Waals surface area contributed by atoms with Crippen molar-refractivity contribution in [2.45, 2.75) is 0 Å². The molecule has 1 aromatic carbocycles. The van der Waals surface area contributed by atoms with Crippen molar-refractivity contribution >= 4 is 17.2 Å². The van der Waals surface area contributed by atoms with Crippen LogP contribution in [-0.2, 0) is 4.74 Å². The number of hydrogen-bond acceptors (Lipinski definition) is 3. The zero-order valence-electron chi connectivity index (χ0n) is 7.32. The number of thiocarbonyl (C=S) groups is 1. The van der Waals surface area contributed by atoms with Gasteiger partial charge in [-0.1, -0.05) is 24.4 Å². The van der Waals surface area contributed by atoms with Crippen molar-refractivity contribution in [2.24, 2.45) is 5.73 Å². The van der Waals surface area contributed by atoms with E-state index in [1.54, 1.807) is 13.2 Å². The van der Waals surface area contributed by atoms with Crippen molar-refractivity contribution in [3.63, 3.8) is 0 Å². The van der Waals surface area contributed by atoms with Crippen LogP contribution in [0, 0.1) is 0 Å². The quantitative estimate of drug-likeness (QED) is 0.583. The Hall–Kier alpha value is -1.13. The highest BCUT2D eigenvalue weighted by Gasteiger charge is 2.03. The summed E-state index contributed by atoms with van der Waals surface area (Å²) < 4.78 is 10.0. The highest BCUT2D eigenvalue weighted by molar-refractivity contribution is 7.80. The highest BCUT2D eigenvalue weighted by atomic mass is 32.1. The third kappa shape index (κ3) is 2.68. The number of rotatable bonds is 4. The second kappa shape index (κ2) is 4.79. The largest absolute Gasteiger partial charge is 0.467 e. The van der Waals surface area contributed by atoms with Crippen molar-refractivity contribution < 1.29 is 9.47 Å². The second-order valence-corrected chi connectivity index (χ2v) is 2.85. The number of ether oxygens (including phenoxy) is 2. The average Bonchev–Trinajstić information content (AvgIpc) is 2.15. The number of methoxy groups -OCH3 is 1. The maximum atomic E-state index is 5.50. The van der Waals surface area contributed by atoms with Gasteiger partial charge in [-0.15, -0.1) is 0 Å². The maximum absolute atomic E-state index is 5.50. The Morgan fingerprint density at radius 3 is 2.77 bits per heavy atom. The fourth-order valence-electron chi connectivity index (χ4n) is 0.918. The van der Waals surface area contributed by atoms with Gasteiger partial charge in [0.2, 0.25) is 0 Å². The van der Waals surface area contributed by atoms with E-state index >= 15 is 0 Å². The molecule has 0 saturated carbocycles. The maximum Gasteiger partial charge on any atom is 0.188 e. The van der Waals surface area contributed by atoms with E-state index < -0.39 is 0 Å². The van der Waals surface area contributed by atoms with Gasteiger partial charge in [-0.3, -0.25) is 0 Å². The van der Waals surface area contributed by atoms with Crippen LogP contribution in [0.15, 0.2) is 24.3 Å². The van der Waals surface area contributed by atoms with E-state index in [0.717, 1.165) is 5.56 Å². The molecule has 0 saturated heterocycles. The molecule has 0 heterocycles. The lowest BCUT2D eigenvalue weighted by atomic mass is 10.2. The van der Waals surface area contributed by atoms with E-state index in [1.165, 1.54) is 0 Å². The zero-order valence-corrected chi connectivity index (χ0v) is 8.14. The molecule has 0 radical (unpaired) electrons. The van der Waals surface area contributed by atoms with Gasteiger partial charge in [0, 0.05) is 7.11 Å². The van der Waals surface area contributed by atoms with E-state index in [1.807, 2.05) is 18.2 Å². The summed E-state index contributed by atoms with van der Waals surface area (Å²) >= 11 is 4.86. The minimum absolute atomic E-state index is 0.194. The van der Waals surface area contributed by atoms with Crippen molar-refractivity contribution in [3.05, 3.63) is 29.8 Å². The van der Waals surface area contributed by atoms with E-state index in [2.05, 4.69) is 0 Å². The first-order valence-corrected chi connectivity index (χ1v) is 4.17. The lowest BCUT2D eigenvalue weighted by molar-refractivity contribution is 0.0510. The minimum Gasteiger partial charge on any atom is -0.467 e. The summed E-state index contributed by atoms with van der Waals surface area (Å²) in [6, 6.07) is 7.32. The van der Waals surface area contributed by atoms with Crippen LogP contribution >= 0.6 is 12.2 Å². The monoisotopic (exact) mass is 197 g/mol. The van der Waals surface area contributed by atoms with Crippen LogP contribution in [0.5, 0.6) is 5.75 Å². The first kappa shape index (κ1) is 9.95. The fourth-order valence-corrected chi connectivity index (χ4v) is 1.09. The number of nitrogens with two attached hydrogens (primary N) is 1. The Morgan fingerprint density at radius 1 is 1.46 bits per heavy atom. The number of hydrogen-bond donors (Lipinski definition) is 1. The normalized spacial score (nSPS) is 9.62. The van der Waals surface area contributed by atoms with Crippen molar-refractivity contribution in [3.8, 4) is 5.75 Å². The third-order valence-corrected chi connectivity index (χ3v) is 1.70. The molecule has 1 aromatic rings. The van der Waals surface area contributed by atoms with Crippen molar-refractivity contribution in [1.82, 2.24) is 0 Å². The van der Waals surface area contributed by atoms with E-state index in [4.69, 9.17) is 27.4 Å². The molecule has 1 rings (SSSR count). The lowest BCUT2D eigenvalue weighted by Gasteiger charge is -2.08. The summed E-state index contributed by atoms with van der Waals surface area (Å²) in [6.45, 7) is 0.194. The predicted molar refractivity (Wildman–Crippen MR) is 54.8 cm³/mol. The Bertz CT molecular complexity index is 301. The molecule has 2 N–H and O–H groups in total. The molecular weight excluding hydrogens is 186 g/mol. The van der Waals surface area contributed by atoms with Crippen LogP contribution in [0.4, 0.5) is 0 Å². The van der Waals surface area contributed by atoms with Crippen LogP contribution in [-0.4, -0.2) is 18.9 Å². The first-order chi connectivity index (χ1) is 6.25. The van der Waals surface area contributed by atoms with Crippen LogP contribution in [0.2, 0.25) is 0 Å². The Kier molecular flexibility index (Phi) is 3.67. The molecule has 0 aromatic heterocycles. The Morgan fingerprint density at radius 2 is 2.15 bits per heavy atom. The van der Waals surface area contributed by atoms with Gasteiger partial charge < -0.3 is 15.2 Å². The summed E-state index contributed by atoms with van der Waals surface area (Å²) in [7, 11) is 1.56. The lowest BCUT2D eigenvalue weighted by Crippen LogP contribution is -2.12. The first-order valence-electron chi connectivity index (χ1n) is 3.76. The van der Waals surface area contributed by atoms with E-state index in [-0.39, 0.29) is 6.79 Å². The summed E-state index contributed by atoms with van der Waals surface area (Å²) in [4.78, 5) is 0.326. The van der Waals surface area contributed by atoms with Gasteiger partial charge in [0.15, 0.2) is 6.79 Å². The molecule has 0 unspecified atom stereocenters. The molecular formula is C9H11NO2S. The predicted octanol–water partition coefficient (Wildman–Crippen LogP) is 1.30. The molecule has 13 heavy (non-hydrogen) atoms. The second-order valence-electron chi connectivity index (χ2n) is 2.41. The van der Waals surface area contributed by atoms with Gasteiger partial charge in [-0.05, 0) is 12.1 Å². The fraction of sp³-hybridized carbons (Fsp3) is 0.222. The molecule has 0 aliphatic carbocycles. The molecule has 0 spiro atoms. The molecule has 4 heteroatoms. The average molecular weight is 197 g/mol. The number of para-hydroxylation sites is 1. The van der Waals surface area contributed by atoms with Gasteiger partial charge in [0.25, 0.3) is 0 Å². The third-order valence-electron chi connectivity index (χ3n) is 1.48. The molecule has 3 nitrogen and oxygen atoms in total. The molecule has 0 bridgehead atoms. The number of benzene rings is 1. The molecule has 70 valence electrons. The summed E-state index contributed by atoms with van der Waals surface area (Å²) in [5, 5.41) is 0. The van der Waals surface area contributed by atoms with E-state index in [0.29, 0.717) is 10.7 Å². The van der Waals surface area contributed by atoms with Crippen LogP contribution in [0.1, 0.15) is 5.56 Å². The molecule has 0 amide bonds. The summed E-state index contributed by atoms with van der Waals surface area (Å²) in [5.74, 6) is 0.650. The van der Waals surface area contributed by atoms with Crippen LogP contribution < -0.4 is 10.5 Å². The van der Waals surface area contributed by atoms with Gasteiger partial charge >= 0.3 is 0 Å². The SMILES string of the molecule is COCOc1ccccc1C(N)=S. The van der Waals surface area contributed by atoms with Crippen LogP contribution in [0.3, 0.4) is 0 Å². The molecule has 0 aliphatic rings.